The lowest BCUT2D eigenvalue weighted by molar-refractivity contribution is -1.10. The monoisotopic (exact) mass is 363 g/mol. The molecule has 1 heterocycles. The Morgan fingerprint density at radius 3 is 1.57 bits per heavy atom. The molecular weight excluding hydrogens is 349 g/mol. The highest BCUT2D eigenvalue weighted by atomic mass is 19.4. The highest BCUT2D eigenvalue weighted by Gasteiger charge is 2.77. The topological polar surface area (TPSA) is 40.1 Å². The van der Waals surface area contributed by atoms with Gasteiger partial charge in [0.2, 0.25) is 0 Å². The number of nitrogens with zero attached hydrogens (tertiary/aromatic N) is 1. The summed E-state index contributed by atoms with van der Waals surface area (Å²) in [5.41, 5.74) is 0. The molecule has 0 N–H and O–H groups in total. The first-order valence-electron chi connectivity index (χ1n) is 6.30. The van der Waals surface area contributed by atoms with Crippen LogP contribution in [0, 0.1) is 0 Å². The fourth-order valence-corrected chi connectivity index (χ4v) is 2.19. The van der Waals surface area contributed by atoms with Crippen LogP contribution in [0.15, 0.2) is 0 Å². The number of carboxylic acid groups (broad SMARTS) is 1. The van der Waals surface area contributed by atoms with E-state index in [1.807, 2.05) is 0 Å². The molecule has 138 valence electrons. The molecule has 3 nitrogen and oxygen atoms in total. The number of piperidine rings is 1. The zero-order valence-corrected chi connectivity index (χ0v) is 11.8. The van der Waals surface area contributed by atoms with E-state index in [1.54, 1.807) is 0 Å². The number of hydrogen-bond acceptors (Lipinski definition) is 2. The Labute approximate surface area is 125 Å². The van der Waals surface area contributed by atoms with E-state index in [-0.39, 0.29) is 19.3 Å². The Bertz CT molecular complexity index is 395. The van der Waals surface area contributed by atoms with Crippen LogP contribution in [-0.2, 0) is 4.79 Å². The maximum atomic E-state index is 13.5. The highest BCUT2D eigenvalue weighted by Crippen LogP contribution is 2.49. The van der Waals surface area contributed by atoms with Crippen LogP contribution in [-0.4, -0.2) is 48.2 Å². The summed E-state index contributed by atoms with van der Waals surface area (Å²) in [6.07, 6.45) is -17.0. The van der Waals surface area contributed by atoms with Crippen LogP contribution < -0.4 is 5.11 Å². The Kier molecular flexibility index (Phi) is 6.77. The molecule has 0 amide bonds. The number of rotatable bonds is 2. The molecule has 0 aliphatic carbocycles. The number of quaternary nitrogens is 1. The van der Waals surface area contributed by atoms with Crippen LogP contribution in [0.5, 0.6) is 0 Å². The van der Waals surface area contributed by atoms with Gasteiger partial charge in [0.05, 0.1) is 13.1 Å². The van der Waals surface area contributed by atoms with Crippen molar-refractivity contribution in [2.45, 2.75) is 50.9 Å². The lowest BCUT2D eigenvalue weighted by Crippen LogP contribution is -2.73. The smallest absolute Gasteiger partial charge is 0.550 e. The van der Waals surface area contributed by atoms with Crippen LogP contribution in [0.25, 0.3) is 0 Å². The molecule has 1 atom stereocenters. The number of hydrogen-bond donors (Lipinski definition) is 0. The number of aliphatic carboxylic acids is 1. The van der Waals surface area contributed by atoms with Gasteiger partial charge in [-0.15, -0.1) is 22.0 Å². The van der Waals surface area contributed by atoms with Gasteiger partial charge in [-0.2, -0.15) is 17.7 Å². The minimum Gasteiger partial charge on any atom is -0.550 e. The third-order valence-corrected chi connectivity index (χ3v) is 3.23. The zero-order chi connectivity index (χ0) is 18.7. The Balaban J connectivity index is 0.00000108. The second kappa shape index (κ2) is 7.14. The van der Waals surface area contributed by atoms with E-state index >= 15 is 0 Å². The third kappa shape index (κ3) is 4.88. The Hall–Kier alpha value is -1.20. The molecule has 1 aliphatic rings. The number of halogens is 9. The SMILES string of the molecule is CC(=O)[O-].FC(C(F)(F)F)C(F)(F)[N+]1(C(F)(F)F)CCCCC1. The molecule has 1 saturated heterocycles. The highest BCUT2D eigenvalue weighted by molar-refractivity contribution is 5.60. The van der Waals surface area contributed by atoms with Crippen molar-refractivity contribution in [1.82, 2.24) is 0 Å². The van der Waals surface area contributed by atoms with Crippen molar-refractivity contribution in [3.63, 3.8) is 0 Å². The summed E-state index contributed by atoms with van der Waals surface area (Å²) in [7, 11) is 0. The van der Waals surface area contributed by atoms with Crippen LogP contribution in [0.3, 0.4) is 0 Å². The molecule has 1 aliphatic heterocycles. The number of carbonyl (C=O) groups excluding carboxylic acids is 1. The first-order chi connectivity index (χ1) is 10.1. The van der Waals surface area contributed by atoms with E-state index in [1.165, 1.54) is 0 Å². The minimum atomic E-state index is -6.04. The van der Waals surface area contributed by atoms with Crippen molar-refractivity contribution in [2.75, 3.05) is 13.1 Å². The Morgan fingerprint density at radius 2 is 1.30 bits per heavy atom. The molecule has 0 aromatic rings. The van der Waals surface area contributed by atoms with E-state index in [9.17, 15) is 39.5 Å². The van der Waals surface area contributed by atoms with Gasteiger partial charge in [0, 0.05) is 5.97 Å². The number of carboxylic acids is 1. The normalized spacial score (nSPS) is 20.3. The van der Waals surface area contributed by atoms with Crippen molar-refractivity contribution >= 4 is 5.97 Å². The second-order valence-electron chi connectivity index (χ2n) is 4.93. The standard InChI is InChI=1S/C9H11F9N.C2H4O2/c10-6(7(11,12)13)8(14,15)19(9(16,17)18)4-2-1-3-5-19;1-2(3)4/h6H,1-5H2;1H3,(H,3,4)/q+1;/p-1. The van der Waals surface area contributed by atoms with Gasteiger partial charge in [0.25, 0.3) is 0 Å². The Morgan fingerprint density at radius 1 is 0.957 bits per heavy atom. The molecule has 0 bridgehead atoms. The van der Waals surface area contributed by atoms with Gasteiger partial charge in [-0.3, -0.25) is 0 Å². The maximum absolute atomic E-state index is 13.5. The van der Waals surface area contributed by atoms with E-state index in [4.69, 9.17) is 9.90 Å². The zero-order valence-electron chi connectivity index (χ0n) is 11.8. The number of alkyl halides is 9. The van der Waals surface area contributed by atoms with Gasteiger partial charge in [0.15, 0.2) is 0 Å². The van der Waals surface area contributed by atoms with Crippen LogP contribution in [0.4, 0.5) is 39.5 Å². The van der Waals surface area contributed by atoms with Crippen molar-refractivity contribution in [3.05, 3.63) is 0 Å². The molecule has 12 heteroatoms. The summed E-state index contributed by atoms with van der Waals surface area (Å²) in [6.45, 7) is -1.54. The van der Waals surface area contributed by atoms with Crippen molar-refractivity contribution in [1.29, 1.82) is 0 Å². The van der Waals surface area contributed by atoms with Gasteiger partial charge in [0.1, 0.15) is 0 Å². The first kappa shape index (κ1) is 21.8. The van der Waals surface area contributed by atoms with Gasteiger partial charge in [-0.25, -0.2) is 4.39 Å². The van der Waals surface area contributed by atoms with Crippen LogP contribution in [0.2, 0.25) is 0 Å². The molecule has 0 aromatic carbocycles. The average Bonchev–Trinajstić information content (AvgIpc) is 2.35. The maximum Gasteiger partial charge on any atom is 0.566 e. The van der Waals surface area contributed by atoms with Gasteiger partial charge < -0.3 is 9.90 Å². The third-order valence-electron chi connectivity index (χ3n) is 3.23. The van der Waals surface area contributed by atoms with Gasteiger partial charge in [-0.1, -0.05) is 0 Å². The average molecular weight is 363 g/mol. The predicted octanol–water partition coefficient (Wildman–Crippen LogP) is 2.76. The largest absolute Gasteiger partial charge is 0.566 e. The summed E-state index contributed by atoms with van der Waals surface area (Å²) >= 11 is 0. The molecule has 1 fully saturated rings. The summed E-state index contributed by atoms with van der Waals surface area (Å²) in [5.74, 6) is -1.08. The van der Waals surface area contributed by atoms with Gasteiger partial charge >= 0.3 is 24.7 Å². The lowest BCUT2D eigenvalue weighted by Gasteiger charge is -2.46. The second-order valence-corrected chi connectivity index (χ2v) is 4.93. The van der Waals surface area contributed by atoms with E-state index in [0.29, 0.717) is 0 Å². The lowest BCUT2D eigenvalue weighted by atomic mass is 10.1. The van der Waals surface area contributed by atoms with Gasteiger partial charge in [-0.05, 0) is 26.2 Å². The molecule has 0 radical (unpaired) electrons. The summed E-state index contributed by atoms with van der Waals surface area (Å²) in [6, 6.07) is -5.59. The molecular formula is C11H14F9NO2. The van der Waals surface area contributed by atoms with Crippen molar-refractivity contribution in [2.24, 2.45) is 0 Å². The molecule has 23 heavy (non-hydrogen) atoms. The summed E-state index contributed by atoms with van der Waals surface area (Å²) < 4.78 is 111. The van der Waals surface area contributed by atoms with Crippen LogP contribution >= 0.6 is 0 Å². The van der Waals surface area contributed by atoms with Crippen LogP contribution in [0.1, 0.15) is 26.2 Å². The van der Waals surface area contributed by atoms with E-state index < -0.39 is 48.2 Å². The molecule has 1 rings (SSSR count). The number of carbonyl (C=O) groups is 1. The molecule has 0 spiro atoms. The molecule has 0 saturated carbocycles. The van der Waals surface area contributed by atoms with E-state index in [2.05, 4.69) is 0 Å². The summed E-state index contributed by atoms with van der Waals surface area (Å²) in [4.78, 5) is 8.89. The summed E-state index contributed by atoms with van der Waals surface area (Å²) in [5, 5.41) is 8.89. The molecule has 0 aromatic heterocycles. The number of likely N-dealkylation sites (tertiary alicyclic amines) is 1. The fraction of sp³-hybridized carbons (Fsp3) is 0.909. The quantitative estimate of drug-likeness (QED) is 0.430. The van der Waals surface area contributed by atoms with Crippen molar-refractivity contribution < 1.29 is 53.9 Å². The predicted molar refractivity (Wildman–Crippen MR) is 56.5 cm³/mol. The fourth-order valence-electron chi connectivity index (χ4n) is 2.19. The molecule has 1 unspecified atom stereocenters. The minimum absolute atomic E-state index is 0.190. The van der Waals surface area contributed by atoms with Crippen molar-refractivity contribution in [3.8, 4) is 0 Å². The first-order valence-corrected chi connectivity index (χ1v) is 6.30. The van der Waals surface area contributed by atoms with E-state index in [0.717, 1.165) is 6.92 Å².